The minimum Gasteiger partial charge on any atom is -0.337 e. The molecule has 5 nitrogen and oxygen atoms in total. The Bertz CT molecular complexity index is 988. The first-order valence-electron chi connectivity index (χ1n) is 9.61. The van der Waals surface area contributed by atoms with Gasteiger partial charge in [-0.15, -0.1) is 0 Å². The summed E-state index contributed by atoms with van der Waals surface area (Å²) in [6.07, 6.45) is 4.25. The molecule has 2 aromatic carbocycles. The van der Waals surface area contributed by atoms with Crippen molar-refractivity contribution >= 4 is 17.5 Å². The number of amides is 1. The molecule has 1 fully saturated rings. The summed E-state index contributed by atoms with van der Waals surface area (Å²) >= 11 is 6.25. The molecule has 0 spiro atoms. The average molecular weight is 413 g/mol. The van der Waals surface area contributed by atoms with E-state index in [1.54, 1.807) is 16.8 Å². The van der Waals surface area contributed by atoms with Crippen LogP contribution < -0.4 is 0 Å². The molecule has 3 aromatic rings. The number of hydrogen-bond acceptors (Lipinski definition) is 3. The fraction of sp³-hybridized carbons (Fsp3) is 0.273. The van der Waals surface area contributed by atoms with Crippen LogP contribution in [0.2, 0.25) is 5.02 Å². The van der Waals surface area contributed by atoms with E-state index >= 15 is 0 Å². The van der Waals surface area contributed by atoms with Gasteiger partial charge in [0.2, 0.25) is 5.91 Å². The van der Waals surface area contributed by atoms with Gasteiger partial charge < -0.3 is 4.90 Å². The van der Waals surface area contributed by atoms with E-state index in [1.165, 1.54) is 12.1 Å². The summed E-state index contributed by atoms with van der Waals surface area (Å²) in [6.45, 7) is 3.41. The van der Waals surface area contributed by atoms with Gasteiger partial charge in [-0.25, -0.2) is 9.07 Å². The summed E-state index contributed by atoms with van der Waals surface area (Å²) in [4.78, 5) is 16.7. The molecule has 0 N–H and O–H groups in total. The molecule has 2 heterocycles. The Morgan fingerprint density at radius 1 is 1.00 bits per heavy atom. The molecule has 1 amide bonds. The van der Waals surface area contributed by atoms with Crippen molar-refractivity contribution in [3.05, 3.63) is 82.9 Å². The van der Waals surface area contributed by atoms with Crippen molar-refractivity contribution in [3.63, 3.8) is 0 Å². The van der Waals surface area contributed by atoms with Crippen molar-refractivity contribution in [1.29, 1.82) is 0 Å². The lowest BCUT2D eigenvalue weighted by molar-refractivity contribution is -0.130. The highest BCUT2D eigenvalue weighted by molar-refractivity contribution is 6.31. The zero-order valence-corrected chi connectivity index (χ0v) is 16.7. The number of carbonyl (C=O) groups excluding carboxylic acids is 1. The fourth-order valence-electron chi connectivity index (χ4n) is 3.50. The number of carbonyl (C=O) groups is 1. The predicted octanol–water partition coefficient (Wildman–Crippen LogP) is 3.90. The number of aromatic nitrogens is 2. The molecule has 4 rings (SSSR count). The summed E-state index contributed by atoms with van der Waals surface area (Å²) < 4.78 is 14.8. The second kappa shape index (κ2) is 8.76. The average Bonchev–Trinajstić information content (AvgIpc) is 3.11. The van der Waals surface area contributed by atoms with E-state index in [-0.39, 0.29) is 11.7 Å². The smallest absolute Gasteiger partial charge is 0.224 e. The molecule has 1 aliphatic rings. The summed E-state index contributed by atoms with van der Waals surface area (Å²) in [5.74, 6) is -0.119. The van der Waals surface area contributed by atoms with Crippen molar-refractivity contribution in [1.82, 2.24) is 19.6 Å². The van der Waals surface area contributed by atoms with Gasteiger partial charge in [0.15, 0.2) is 0 Å². The minimum absolute atomic E-state index is 0.148. The SMILES string of the molecule is O=C1CCN(Cc2cnn(-c3ccc(F)cc3)c2)CCN1Cc1ccccc1Cl. The maximum Gasteiger partial charge on any atom is 0.224 e. The third kappa shape index (κ3) is 4.83. The Morgan fingerprint density at radius 3 is 2.59 bits per heavy atom. The molecule has 0 radical (unpaired) electrons. The first-order valence-corrected chi connectivity index (χ1v) is 9.99. The van der Waals surface area contributed by atoms with Crippen molar-refractivity contribution in [2.75, 3.05) is 19.6 Å². The third-order valence-corrected chi connectivity index (χ3v) is 5.50. The van der Waals surface area contributed by atoms with E-state index in [2.05, 4.69) is 10.00 Å². The second-order valence-electron chi connectivity index (χ2n) is 7.20. The van der Waals surface area contributed by atoms with Gasteiger partial charge in [-0.2, -0.15) is 5.10 Å². The zero-order valence-electron chi connectivity index (χ0n) is 16.0. The highest BCUT2D eigenvalue weighted by atomic mass is 35.5. The van der Waals surface area contributed by atoms with Crippen LogP contribution in [0.1, 0.15) is 17.5 Å². The molecule has 1 saturated heterocycles. The Morgan fingerprint density at radius 2 is 1.79 bits per heavy atom. The van der Waals surface area contributed by atoms with Crippen molar-refractivity contribution in [2.45, 2.75) is 19.5 Å². The van der Waals surface area contributed by atoms with Gasteiger partial charge in [0.1, 0.15) is 5.82 Å². The maximum atomic E-state index is 13.1. The summed E-state index contributed by atoms with van der Waals surface area (Å²) in [5.41, 5.74) is 2.84. The Labute approximate surface area is 174 Å². The normalized spacial score (nSPS) is 15.5. The highest BCUT2D eigenvalue weighted by Gasteiger charge is 2.22. The zero-order chi connectivity index (χ0) is 20.2. The molecule has 29 heavy (non-hydrogen) atoms. The fourth-order valence-corrected chi connectivity index (χ4v) is 3.70. The van der Waals surface area contributed by atoms with Crippen LogP contribution in [0.15, 0.2) is 60.9 Å². The number of hydrogen-bond donors (Lipinski definition) is 0. The molecule has 0 bridgehead atoms. The largest absolute Gasteiger partial charge is 0.337 e. The van der Waals surface area contributed by atoms with Gasteiger partial charge in [0.05, 0.1) is 11.9 Å². The molecule has 0 atom stereocenters. The first-order chi connectivity index (χ1) is 14.1. The van der Waals surface area contributed by atoms with Gasteiger partial charge >= 0.3 is 0 Å². The van der Waals surface area contributed by atoms with E-state index in [1.807, 2.05) is 41.6 Å². The molecule has 0 saturated carbocycles. The van der Waals surface area contributed by atoms with E-state index < -0.39 is 0 Å². The molecule has 1 aliphatic heterocycles. The Hall–Kier alpha value is -2.70. The third-order valence-electron chi connectivity index (χ3n) is 5.13. The van der Waals surface area contributed by atoms with Gasteiger partial charge in [-0.05, 0) is 35.9 Å². The van der Waals surface area contributed by atoms with E-state index in [0.717, 1.165) is 23.4 Å². The maximum absolute atomic E-state index is 13.1. The molecule has 7 heteroatoms. The van der Waals surface area contributed by atoms with Crippen LogP contribution in [0, 0.1) is 5.82 Å². The monoisotopic (exact) mass is 412 g/mol. The summed E-state index contributed by atoms with van der Waals surface area (Å²) in [6, 6.07) is 13.9. The molecule has 1 aromatic heterocycles. The van der Waals surface area contributed by atoms with E-state index in [4.69, 9.17) is 11.6 Å². The number of halogens is 2. The van der Waals surface area contributed by atoms with Gasteiger partial charge in [-0.3, -0.25) is 9.69 Å². The van der Waals surface area contributed by atoms with Gasteiger partial charge in [0, 0.05) is 55.9 Å². The van der Waals surface area contributed by atoms with Crippen molar-refractivity contribution < 1.29 is 9.18 Å². The standard InChI is InChI=1S/C22H22ClFN4O/c23-21-4-2-1-3-18(21)16-27-12-11-26(10-9-22(27)29)14-17-13-25-28(15-17)20-7-5-19(24)6-8-20/h1-8,13,15H,9-12,14,16H2. The molecular weight excluding hydrogens is 391 g/mol. The molecule has 150 valence electrons. The van der Waals surface area contributed by atoms with Gasteiger partial charge in [0.25, 0.3) is 0 Å². The van der Waals surface area contributed by atoms with Crippen LogP contribution in [-0.4, -0.2) is 45.1 Å². The predicted molar refractivity (Wildman–Crippen MR) is 110 cm³/mol. The van der Waals surface area contributed by atoms with Crippen LogP contribution in [0.5, 0.6) is 0 Å². The lowest BCUT2D eigenvalue weighted by Crippen LogP contribution is -2.32. The van der Waals surface area contributed by atoms with Crippen molar-refractivity contribution in [2.24, 2.45) is 0 Å². The molecular formula is C22H22ClFN4O. The van der Waals surface area contributed by atoms with Crippen molar-refractivity contribution in [3.8, 4) is 5.69 Å². The van der Waals surface area contributed by atoms with Crippen LogP contribution in [0.4, 0.5) is 4.39 Å². The summed E-state index contributed by atoms with van der Waals surface area (Å²) in [7, 11) is 0. The first kappa shape index (κ1) is 19.6. The van der Waals surface area contributed by atoms with Crippen LogP contribution in [0.25, 0.3) is 5.69 Å². The van der Waals surface area contributed by atoms with E-state index in [9.17, 15) is 9.18 Å². The quantitative estimate of drug-likeness (QED) is 0.638. The Kier molecular flexibility index (Phi) is 5.92. The Balaban J connectivity index is 1.38. The lowest BCUT2D eigenvalue weighted by atomic mass is 10.2. The second-order valence-corrected chi connectivity index (χ2v) is 7.61. The molecule has 0 unspecified atom stereocenters. The van der Waals surface area contributed by atoms with Crippen LogP contribution >= 0.6 is 11.6 Å². The van der Waals surface area contributed by atoms with Gasteiger partial charge in [-0.1, -0.05) is 29.8 Å². The number of benzene rings is 2. The minimum atomic E-state index is -0.267. The number of nitrogens with zero attached hydrogens (tertiary/aromatic N) is 4. The van der Waals surface area contributed by atoms with E-state index in [0.29, 0.717) is 37.6 Å². The number of rotatable bonds is 5. The summed E-state index contributed by atoms with van der Waals surface area (Å²) in [5, 5.41) is 5.07. The topological polar surface area (TPSA) is 41.4 Å². The van der Waals surface area contributed by atoms with Crippen LogP contribution in [-0.2, 0) is 17.9 Å². The lowest BCUT2D eigenvalue weighted by Gasteiger charge is -2.22. The highest BCUT2D eigenvalue weighted by Crippen LogP contribution is 2.19. The van der Waals surface area contributed by atoms with Crippen LogP contribution in [0.3, 0.4) is 0 Å². The molecule has 0 aliphatic carbocycles.